The number of alkyl halides is 1. The minimum atomic E-state index is -0.297. The van der Waals surface area contributed by atoms with Gasteiger partial charge < -0.3 is 4.74 Å². The number of hydrogen-bond donors (Lipinski definition) is 0. The highest BCUT2D eigenvalue weighted by Crippen LogP contribution is 2.50. The van der Waals surface area contributed by atoms with Gasteiger partial charge in [-0.15, -0.1) is 11.6 Å². The summed E-state index contributed by atoms with van der Waals surface area (Å²) in [5, 5.41) is 0. The van der Waals surface area contributed by atoms with Crippen LogP contribution in [0.25, 0.3) is 0 Å². The molecule has 0 aromatic heterocycles. The Morgan fingerprint density at radius 3 is 3.00 bits per heavy atom. The first-order valence-corrected chi connectivity index (χ1v) is 5.12. The van der Waals surface area contributed by atoms with E-state index in [0.29, 0.717) is 5.92 Å². The molecule has 2 bridgehead atoms. The van der Waals surface area contributed by atoms with Gasteiger partial charge >= 0.3 is 5.97 Å². The normalized spacial score (nSPS) is 41.1. The average molecular weight is 201 g/mol. The molecule has 0 aliphatic heterocycles. The molecule has 3 unspecified atom stereocenters. The third-order valence-corrected chi connectivity index (χ3v) is 3.30. The maximum absolute atomic E-state index is 11.0. The van der Waals surface area contributed by atoms with Crippen LogP contribution in [0.5, 0.6) is 0 Å². The van der Waals surface area contributed by atoms with Crippen molar-refractivity contribution < 1.29 is 9.53 Å². The van der Waals surface area contributed by atoms with Crippen LogP contribution in [0.4, 0.5) is 0 Å². The molecule has 0 N–H and O–H groups in total. The number of esters is 1. The Balaban J connectivity index is 2.03. The van der Waals surface area contributed by atoms with Crippen LogP contribution in [0.1, 0.15) is 19.8 Å². The number of fused-ring (bicyclic) bond motifs is 2. The minimum absolute atomic E-state index is 0.0407. The van der Waals surface area contributed by atoms with Gasteiger partial charge in [0.15, 0.2) is 0 Å². The SMILES string of the molecule is CC12C=CC(CC1OC(=O)CCl)C2. The lowest BCUT2D eigenvalue weighted by Crippen LogP contribution is -2.30. The van der Waals surface area contributed by atoms with E-state index in [2.05, 4.69) is 19.1 Å². The largest absolute Gasteiger partial charge is 0.461 e. The van der Waals surface area contributed by atoms with Crippen LogP contribution in [-0.4, -0.2) is 18.0 Å². The van der Waals surface area contributed by atoms with Gasteiger partial charge in [-0.25, -0.2) is 0 Å². The Morgan fingerprint density at radius 2 is 2.54 bits per heavy atom. The fraction of sp³-hybridized carbons (Fsp3) is 0.700. The van der Waals surface area contributed by atoms with Crippen LogP contribution < -0.4 is 0 Å². The van der Waals surface area contributed by atoms with Gasteiger partial charge in [-0.3, -0.25) is 4.79 Å². The van der Waals surface area contributed by atoms with Gasteiger partial charge in [0.2, 0.25) is 0 Å². The second kappa shape index (κ2) is 3.02. The fourth-order valence-electron chi connectivity index (χ4n) is 2.37. The Morgan fingerprint density at radius 1 is 1.77 bits per heavy atom. The zero-order chi connectivity index (χ0) is 9.47. The summed E-state index contributed by atoms with van der Waals surface area (Å²) in [6, 6.07) is 0. The molecular formula is C10H13ClO2. The molecule has 0 aromatic carbocycles. The molecule has 2 nitrogen and oxygen atoms in total. The van der Waals surface area contributed by atoms with Crippen molar-refractivity contribution in [3.8, 4) is 0 Å². The predicted octanol–water partition coefficient (Wildman–Crippen LogP) is 2.12. The third kappa shape index (κ3) is 1.48. The molecule has 3 atom stereocenters. The summed E-state index contributed by atoms with van der Waals surface area (Å²) in [5.74, 6) is 0.271. The van der Waals surface area contributed by atoms with Gasteiger partial charge in [-0.1, -0.05) is 19.1 Å². The number of carbonyl (C=O) groups excluding carboxylic acids is 1. The van der Waals surface area contributed by atoms with Crippen molar-refractivity contribution in [1.82, 2.24) is 0 Å². The van der Waals surface area contributed by atoms with Crippen molar-refractivity contribution in [3.05, 3.63) is 12.2 Å². The molecule has 0 aromatic rings. The number of allylic oxidation sites excluding steroid dienone is 1. The molecule has 2 aliphatic rings. The summed E-state index contributed by atoms with van der Waals surface area (Å²) in [5.41, 5.74) is 0.0758. The van der Waals surface area contributed by atoms with E-state index in [1.54, 1.807) is 0 Å². The lowest BCUT2D eigenvalue weighted by molar-refractivity contribution is -0.149. The first kappa shape index (κ1) is 9.07. The predicted molar refractivity (Wildman–Crippen MR) is 50.6 cm³/mol. The Hall–Kier alpha value is -0.500. The fourth-order valence-corrected chi connectivity index (χ4v) is 2.44. The lowest BCUT2D eigenvalue weighted by atomic mass is 9.88. The van der Waals surface area contributed by atoms with Gasteiger partial charge in [0.05, 0.1) is 0 Å². The molecule has 2 rings (SSSR count). The quantitative estimate of drug-likeness (QED) is 0.388. The van der Waals surface area contributed by atoms with E-state index in [-0.39, 0.29) is 23.4 Å². The topological polar surface area (TPSA) is 26.3 Å². The van der Waals surface area contributed by atoms with Gasteiger partial charge in [0.25, 0.3) is 0 Å². The average Bonchev–Trinajstić information content (AvgIpc) is 2.59. The van der Waals surface area contributed by atoms with Gasteiger partial charge in [-0.05, 0) is 18.8 Å². The Kier molecular flexibility index (Phi) is 2.11. The summed E-state index contributed by atoms with van der Waals surface area (Å²) in [6.45, 7) is 2.14. The summed E-state index contributed by atoms with van der Waals surface area (Å²) in [4.78, 5) is 11.0. The molecule has 2 aliphatic carbocycles. The Bertz CT molecular complexity index is 262. The molecule has 72 valence electrons. The molecule has 0 heterocycles. The third-order valence-electron chi connectivity index (χ3n) is 3.09. The molecule has 1 saturated carbocycles. The molecule has 0 saturated heterocycles. The molecule has 0 amide bonds. The first-order chi connectivity index (χ1) is 6.14. The van der Waals surface area contributed by atoms with E-state index >= 15 is 0 Å². The Labute approximate surface area is 82.9 Å². The van der Waals surface area contributed by atoms with Gasteiger partial charge in [-0.2, -0.15) is 0 Å². The maximum Gasteiger partial charge on any atom is 0.321 e. The van der Waals surface area contributed by atoms with Crippen LogP contribution in [-0.2, 0) is 9.53 Å². The zero-order valence-electron chi connectivity index (χ0n) is 7.63. The van der Waals surface area contributed by atoms with Crippen molar-refractivity contribution in [3.63, 3.8) is 0 Å². The molecular weight excluding hydrogens is 188 g/mol. The van der Waals surface area contributed by atoms with Crippen LogP contribution >= 0.6 is 11.6 Å². The second-order valence-electron chi connectivity index (χ2n) is 4.18. The van der Waals surface area contributed by atoms with Gasteiger partial charge in [0, 0.05) is 5.41 Å². The number of halogens is 1. The van der Waals surface area contributed by atoms with Crippen molar-refractivity contribution >= 4 is 17.6 Å². The highest BCUT2D eigenvalue weighted by atomic mass is 35.5. The first-order valence-electron chi connectivity index (χ1n) is 4.59. The molecule has 1 fully saturated rings. The number of ether oxygens (including phenoxy) is 1. The summed E-state index contributed by atoms with van der Waals surface area (Å²) < 4.78 is 5.28. The molecule has 0 spiro atoms. The second-order valence-corrected chi connectivity index (χ2v) is 4.44. The van der Waals surface area contributed by atoms with Crippen LogP contribution in [0, 0.1) is 11.3 Å². The highest BCUT2D eigenvalue weighted by molar-refractivity contribution is 6.26. The standard InChI is InChI=1S/C10H13ClO2/c1-10-3-2-7(5-10)4-8(10)13-9(12)6-11/h2-3,7-8H,4-6H2,1H3. The van der Waals surface area contributed by atoms with E-state index in [1.807, 2.05) is 0 Å². The smallest absolute Gasteiger partial charge is 0.321 e. The molecule has 3 heteroatoms. The van der Waals surface area contributed by atoms with Crippen LogP contribution in [0.3, 0.4) is 0 Å². The van der Waals surface area contributed by atoms with E-state index in [9.17, 15) is 4.79 Å². The summed E-state index contributed by atoms with van der Waals surface area (Å²) >= 11 is 5.39. The van der Waals surface area contributed by atoms with Gasteiger partial charge in [0.1, 0.15) is 12.0 Å². The molecule has 13 heavy (non-hydrogen) atoms. The van der Waals surface area contributed by atoms with E-state index in [4.69, 9.17) is 16.3 Å². The minimum Gasteiger partial charge on any atom is -0.461 e. The van der Waals surface area contributed by atoms with Crippen molar-refractivity contribution in [2.24, 2.45) is 11.3 Å². The number of carbonyl (C=O) groups is 1. The molecule has 0 radical (unpaired) electrons. The summed E-state index contributed by atoms with van der Waals surface area (Å²) in [7, 11) is 0. The van der Waals surface area contributed by atoms with Crippen LogP contribution in [0.15, 0.2) is 12.2 Å². The van der Waals surface area contributed by atoms with Crippen molar-refractivity contribution in [1.29, 1.82) is 0 Å². The summed E-state index contributed by atoms with van der Waals surface area (Å²) in [6.07, 6.45) is 6.54. The zero-order valence-corrected chi connectivity index (χ0v) is 8.38. The van der Waals surface area contributed by atoms with E-state index in [1.165, 1.54) is 0 Å². The van der Waals surface area contributed by atoms with E-state index < -0.39 is 0 Å². The highest BCUT2D eigenvalue weighted by Gasteiger charge is 2.47. The van der Waals surface area contributed by atoms with E-state index in [0.717, 1.165) is 12.8 Å². The van der Waals surface area contributed by atoms with Crippen LogP contribution in [0.2, 0.25) is 0 Å². The lowest BCUT2D eigenvalue weighted by Gasteiger charge is -2.27. The van der Waals surface area contributed by atoms with Crippen molar-refractivity contribution in [2.75, 3.05) is 5.88 Å². The van der Waals surface area contributed by atoms with Crippen molar-refractivity contribution in [2.45, 2.75) is 25.9 Å². The number of rotatable bonds is 2. The monoisotopic (exact) mass is 200 g/mol. The number of hydrogen-bond acceptors (Lipinski definition) is 2. The maximum atomic E-state index is 11.0.